The number of ether oxygens (including phenoxy) is 4. The molecule has 0 aromatic carbocycles. The van der Waals surface area contributed by atoms with E-state index in [1.54, 1.807) is 0 Å². The van der Waals surface area contributed by atoms with Gasteiger partial charge in [0.15, 0.2) is 12.6 Å². The number of carbonyl (C=O) groups excluding carboxylic acids is 4. The number of amides is 4. The second-order valence-electron chi connectivity index (χ2n) is 14.7. The fraction of sp³-hybridized carbons (Fsp3) is 0.895. The third-order valence-electron chi connectivity index (χ3n) is 9.86. The van der Waals surface area contributed by atoms with Crippen LogP contribution in [0.2, 0.25) is 0 Å². The van der Waals surface area contributed by atoms with Gasteiger partial charge in [0.05, 0.1) is 19.8 Å². The molecule has 2 aliphatic heterocycles. The Kier molecular flexibility index (Phi) is 26.3. The van der Waals surface area contributed by atoms with E-state index in [0.717, 1.165) is 57.9 Å². The van der Waals surface area contributed by atoms with E-state index < -0.39 is 74.6 Å². The van der Waals surface area contributed by atoms with E-state index in [4.69, 9.17) is 18.9 Å². The summed E-state index contributed by atoms with van der Waals surface area (Å²) < 4.78 is 21.6. The molecule has 0 aromatic rings. The molecule has 0 spiro atoms. The molecule has 2 aliphatic rings. The lowest BCUT2D eigenvalue weighted by Gasteiger charge is -2.42. The van der Waals surface area contributed by atoms with E-state index in [2.05, 4.69) is 28.2 Å². The summed E-state index contributed by atoms with van der Waals surface area (Å²) in [7, 11) is 0. The molecule has 0 aliphatic carbocycles. The Morgan fingerprint density at radius 3 is 1.32 bits per heavy atom. The van der Waals surface area contributed by atoms with Crippen LogP contribution in [-0.4, -0.2) is 167 Å². The van der Waals surface area contributed by atoms with Gasteiger partial charge in [0, 0.05) is 51.9 Å². The molecule has 11 N–H and O–H groups in total. The zero-order chi connectivity index (χ0) is 42.0. The fourth-order valence-electron chi connectivity index (χ4n) is 6.29. The highest BCUT2D eigenvalue weighted by molar-refractivity contribution is 5.77. The van der Waals surface area contributed by atoms with Gasteiger partial charge in [0.1, 0.15) is 48.8 Å². The van der Waals surface area contributed by atoms with Crippen LogP contribution in [-0.2, 0) is 38.1 Å². The van der Waals surface area contributed by atoms with Crippen LogP contribution in [0.25, 0.3) is 0 Å². The Morgan fingerprint density at radius 2 is 0.860 bits per heavy atom. The highest BCUT2D eigenvalue weighted by Crippen LogP contribution is 2.26. The van der Waals surface area contributed by atoms with Crippen molar-refractivity contribution in [1.29, 1.82) is 0 Å². The monoisotopic (exact) mass is 822 g/mol. The molecule has 19 nitrogen and oxygen atoms in total. The molecule has 2 heterocycles. The largest absolute Gasteiger partial charge is 0.394 e. The maximum atomic E-state index is 12.2. The molecule has 0 radical (unpaired) electrons. The van der Waals surface area contributed by atoms with Crippen LogP contribution >= 0.6 is 0 Å². The summed E-state index contributed by atoms with van der Waals surface area (Å²) in [6.45, 7) is 2.77. The van der Waals surface area contributed by atoms with Gasteiger partial charge in [-0.2, -0.15) is 0 Å². The third-order valence-corrected chi connectivity index (χ3v) is 9.86. The van der Waals surface area contributed by atoms with E-state index in [-0.39, 0.29) is 49.6 Å². The summed E-state index contributed by atoms with van der Waals surface area (Å²) in [6.07, 6.45) is -3.56. The summed E-state index contributed by atoms with van der Waals surface area (Å²) in [4.78, 5) is 48.3. The number of nitrogens with one attached hydrogen (secondary N) is 4. The Morgan fingerprint density at radius 1 is 0.474 bits per heavy atom. The molecule has 0 saturated carbocycles. The van der Waals surface area contributed by atoms with Crippen molar-refractivity contribution in [3.05, 3.63) is 0 Å². The quantitative estimate of drug-likeness (QED) is 0.0362. The predicted octanol–water partition coefficient (Wildman–Crippen LogP) is -1.65. The normalized spacial score (nSPS) is 27.4. The minimum absolute atomic E-state index is 0.00682. The van der Waals surface area contributed by atoms with Crippen molar-refractivity contribution in [2.24, 2.45) is 0 Å². The summed E-state index contributed by atoms with van der Waals surface area (Å²) in [6, 6.07) is 0. The molecular weight excluding hydrogens is 752 g/mol. The van der Waals surface area contributed by atoms with Gasteiger partial charge in [0.25, 0.3) is 0 Å². The van der Waals surface area contributed by atoms with Crippen molar-refractivity contribution >= 4 is 23.6 Å². The van der Waals surface area contributed by atoms with Crippen LogP contribution in [0.4, 0.5) is 0 Å². The van der Waals surface area contributed by atoms with Crippen molar-refractivity contribution in [2.75, 3.05) is 46.0 Å². The molecule has 2 fully saturated rings. The van der Waals surface area contributed by atoms with Crippen molar-refractivity contribution < 1.29 is 73.9 Å². The fourth-order valence-corrected chi connectivity index (χ4v) is 6.29. The highest BCUT2D eigenvalue weighted by Gasteiger charge is 2.47. The van der Waals surface area contributed by atoms with Gasteiger partial charge in [-0.25, -0.2) is 0 Å². The zero-order valence-electron chi connectivity index (χ0n) is 33.4. The number of unbranched alkanes of at least 4 members (excludes halogenated alkanes) is 8. The van der Waals surface area contributed by atoms with Crippen LogP contribution in [0, 0.1) is 0 Å². The first-order chi connectivity index (χ1) is 27.4. The van der Waals surface area contributed by atoms with Gasteiger partial charge in [0.2, 0.25) is 23.6 Å². The van der Waals surface area contributed by atoms with E-state index in [9.17, 15) is 54.9 Å². The van der Waals surface area contributed by atoms with Gasteiger partial charge in [-0.3, -0.25) is 19.2 Å². The Labute approximate surface area is 335 Å². The third kappa shape index (κ3) is 20.3. The molecule has 2 saturated heterocycles. The maximum Gasteiger partial charge on any atom is 0.220 e. The van der Waals surface area contributed by atoms with Gasteiger partial charge < -0.3 is 76.0 Å². The van der Waals surface area contributed by atoms with Crippen molar-refractivity contribution in [3.8, 4) is 0 Å². The second-order valence-corrected chi connectivity index (χ2v) is 14.7. The number of aliphatic hydroxyl groups is 7. The lowest BCUT2D eigenvalue weighted by Crippen LogP contribution is -2.61. The van der Waals surface area contributed by atoms with E-state index in [1.165, 1.54) is 12.8 Å². The molecule has 0 aromatic heterocycles. The summed E-state index contributed by atoms with van der Waals surface area (Å²) in [5, 5.41) is 81.7. The molecule has 4 amide bonds. The van der Waals surface area contributed by atoms with Crippen molar-refractivity contribution in [2.45, 2.75) is 171 Å². The Bertz CT molecular complexity index is 1140. The first kappa shape index (κ1) is 50.6. The molecule has 19 heteroatoms. The predicted molar refractivity (Wildman–Crippen MR) is 204 cm³/mol. The first-order valence-electron chi connectivity index (χ1n) is 20.7. The van der Waals surface area contributed by atoms with Gasteiger partial charge in [-0.15, -0.1) is 0 Å². The minimum Gasteiger partial charge on any atom is -0.394 e. The Hall–Kier alpha value is -2.56. The van der Waals surface area contributed by atoms with Gasteiger partial charge in [-0.05, 0) is 44.9 Å². The van der Waals surface area contributed by atoms with Gasteiger partial charge in [-0.1, -0.05) is 39.0 Å². The van der Waals surface area contributed by atoms with Crippen LogP contribution in [0.5, 0.6) is 0 Å². The molecule has 2 rings (SSSR count). The van der Waals surface area contributed by atoms with Crippen molar-refractivity contribution in [3.63, 3.8) is 0 Å². The molecule has 0 bridgehead atoms. The number of hydrogen-bond acceptors (Lipinski definition) is 15. The van der Waals surface area contributed by atoms with Crippen molar-refractivity contribution in [1.82, 2.24) is 21.3 Å². The maximum absolute atomic E-state index is 12.2. The van der Waals surface area contributed by atoms with Crippen LogP contribution < -0.4 is 21.3 Å². The van der Waals surface area contributed by atoms with Gasteiger partial charge >= 0.3 is 0 Å². The topological polar surface area (TPSA) is 295 Å². The Balaban J connectivity index is 1.45. The average Bonchev–Trinajstić information content (AvgIpc) is 3.19. The molecule has 10 atom stereocenters. The molecule has 6 unspecified atom stereocenters. The lowest BCUT2D eigenvalue weighted by atomic mass is 9.98. The van der Waals surface area contributed by atoms with Crippen LogP contribution in [0.1, 0.15) is 110 Å². The van der Waals surface area contributed by atoms with E-state index in [1.807, 2.05) is 0 Å². The molecule has 57 heavy (non-hydrogen) atoms. The second kappa shape index (κ2) is 29.6. The highest BCUT2D eigenvalue weighted by atomic mass is 16.7. The number of hydrogen-bond donors (Lipinski definition) is 11. The SMILES string of the molecule is CCCCCCNC(=O)CCCCCNC(=O)CCCCCNC(=O)CCCCC(=O)NCCO[C@H]1OC(CO[C@H]2OC(CO)[C@@H](O)C(O)C2O)[C@@H](O)C(O)C1O. The van der Waals surface area contributed by atoms with Crippen LogP contribution in [0.15, 0.2) is 0 Å². The summed E-state index contributed by atoms with van der Waals surface area (Å²) >= 11 is 0. The number of rotatable bonds is 30. The molecule has 332 valence electrons. The van der Waals surface area contributed by atoms with Crippen LogP contribution in [0.3, 0.4) is 0 Å². The summed E-state index contributed by atoms with van der Waals surface area (Å²) in [5.74, 6) is -0.283. The molecular formula is C38H70N4O15. The number of aliphatic hydroxyl groups excluding tert-OH is 7. The zero-order valence-corrected chi connectivity index (χ0v) is 33.4. The smallest absolute Gasteiger partial charge is 0.220 e. The average molecular weight is 823 g/mol. The minimum atomic E-state index is -1.69. The first-order valence-corrected chi connectivity index (χ1v) is 20.7. The van der Waals surface area contributed by atoms with E-state index in [0.29, 0.717) is 38.8 Å². The standard InChI is InChI=1S/C38H70N4O15/c1-2-3-4-11-18-39-27(44)14-7-5-12-19-40-28(45)15-8-6-13-20-41-29(46)16-9-10-17-30(47)42-21-22-54-37-35(52)34(51)32(49)26(57-37)24-55-38-36(53)33(50)31(48)25(23-43)56-38/h25-26,31-38,43,48-53H,2-24H2,1H3,(H,39,44)(H,40,45)(H,41,46)(H,42,47)/t25?,26?,31-,32-,33?,34?,35?,36?,37+,38+/m1/s1. The van der Waals surface area contributed by atoms with E-state index >= 15 is 0 Å². The lowest BCUT2D eigenvalue weighted by molar-refractivity contribution is -0.330. The number of carbonyl (C=O) groups is 4. The summed E-state index contributed by atoms with van der Waals surface area (Å²) in [5.41, 5.74) is 0.